The molecule has 152 valence electrons. The molecule has 2 heterocycles. The number of hydrogen-bond donors (Lipinski definition) is 1. The van der Waals surface area contributed by atoms with Crippen molar-refractivity contribution in [3.05, 3.63) is 74.9 Å². The van der Waals surface area contributed by atoms with Gasteiger partial charge in [0.2, 0.25) is 0 Å². The van der Waals surface area contributed by atoms with Crippen LogP contribution in [-0.4, -0.2) is 24.4 Å². The maximum atomic E-state index is 12.4. The summed E-state index contributed by atoms with van der Waals surface area (Å²) in [6, 6.07) is 13.4. The van der Waals surface area contributed by atoms with Gasteiger partial charge in [-0.2, -0.15) is 0 Å². The van der Waals surface area contributed by atoms with Crippen molar-refractivity contribution in [3.63, 3.8) is 0 Å². The minimum Gasteiger partial charge on any atom is -0.508 e. The van der Waals surface area contributed by atoms with Gasteiger partial charge in [0.05, 0.1) is 5.56 Å². The maximum absolute atomic E-state index is 12.4. The Hall–Kier alpha value is -3.87. The molecule has 0 radical (unpaired) electrons. The Morgan fingerprint density at radius 1 is 0.900 bits per heavy atom. The largest absolute Gasteiger partial charge is 0.508 e. The first-order valence-electron chi connectivity index (χ1n) is 9.62. The molecule has 0 bridgehead atoms. The lowest BCUT2D eigenvalue weighted by Gasteiger charge is -2.20. The lowest BCUT2D eigenvalue weighted by molar-refractivity contribution is 0.473. The van der Waals surface area contributed by atoms with Crippen molar-refractivity contribution < 1.29 is 13.9 Å². The molecule has 0 saturated carbocycles. The fraction of sp³-hybridized carbons (Fsp3) is 0.174. The van der Waals surface area contributed by atoms with Crippen LogP contribution in [0.1, 0.15) is 19.4 Å². The Morgan fingerprint density at radius 2 is 1.57 bits per heavy atom. The Balaban J connectivity index is 1.71. The van der Waals surface area contributed by atoms with Crippen LogP contribution in [0, 0.1) is 0 Å². The molecule has 4 aromatic rings. The van der Waals surface area contributed by atoms with Crippen LogP contribution in [0.3, 0.4) is 0 Å². The second-order valence-electron chi connectivity index (χ2n) is 6.78. The zero-order valence-corrected chi connectivity index (χ0v) is 16.6. The molecule has 1 N–H and O–H groups in total. The van der Waals surface area contributed by atoms with E-state index in [0.29, 0.717) is 11.0 Å². The number of nitrogens with zero attached hydrogens (tertiary/aromatic N) is 2. The van der Waals surface area contributed by atoms with Crippen LogP contribution in [0.15, 0.2) is 71.9 Å². The van der Waals surface area contributed by atoms with E-state index in [4.69, 9.17) is 8.83 Å². The minimum absolute atomic E-state index is 0.000162. The number of anilines is 1. The normalized spacial score (nSPS) is 11.5. The molecule has 0 amide bonds. The predicted molar refractivity (Wildman–Crippen MR) is 117 cm³/mol. The highest BCUT2D eigenvalue weighted by atomic mass is 16.4. The van der Waals surface area contributed by atoms with E-state index in [2.05, 4.69) is 23.7 Å². The van der Waals surface area contributed by atoms with Gasteiger partial charge in [-0.3, -0.25) is 0 Å². The summed E-state index contributed by atoms with van der Waals surface area (Å²) in [6.07, 6.45) is 1.29. The number of rotatable bonds is 5. The number of aromatic hydroxyl groups is 1. The lowest BCUT2D eigenvalue weighted by Crippen LogP contribution is -2.21. The maximum Gasteiger partial charge on any atom is 0.362 e. The fourth-order valence-electron chi connectivity index (χ4n) is 3.31. The third kappa shape index (κ3) is 3.69. The van der Waals surface area contributed by atoms with Gasteiger partial charge in [-0.15, -0.1) is 0 Å². The summed E-state index contributed by atoms with van der Waals surface area (Å²) in [6.45, 7) is 5.83. The number of phenols is 1. The molecule has 0 aliphatic carbocycles. The van der Waals surface area contributed by atoms with Crippen LogP contribution in [0.5, 0.6) is 5.75 Å². The summed E-state index contributed by atoms with van der Waals surface area (Å²) in [4.78, 5) is 30.8. The van der Waals surface area contributed by atoms with Gasteiger partial charge < -0.3 is 18.8 Å². The summed E-state index contributed by atoms with van der Waals surface area (Å²) < 4.78 is 10.7. The average molecular weight is 404 g/mol. The van der Waals surface area contributed by atoms with Crippen molar-refractivity contribution in [2.45, 2.75) is 13.8 Å². The van der Waals surface area contributed by atoms with Crippen molar-refractivity contribution in [2.75, 3.05) is 18.0 Å². The highest BCUT2D eigenvalue weighted by Gasteiger charge is 2.09. The topological polar surface area (TPSA) is 96.2 Å². The number of phenolic OH excluding ortho intramolecular Hbond substituents is 1. The van der Waals surface area contributed by atoms with Crippen molar-refractivity contribution >= 4 is 39.5 Å². The summed E-state index contributed by atoms with van der Waals surface area (Å²) in [5, 5.41) is 10.9. The molecule has 0 atom stereocenters. The third-order valence-electron chi connectivity index (χ3n) is 4.92. The number of hydrogen-bond acceptors (Lipinski definition) is 7. The van der Waals surface area contributed by atoms with Crippen LogP contribution in [0.2, 0.25) is 0 Å². The van der Waals surface area contributed by atoms with Gasteiger partial charge >= 0.3 is 11.3 Å². The molecule has 0 aliphatic heterocycles. The van der Waals surface area contributed by atoms with Crippen molar-refractivity contribution in [1.82, 2.24) is 0 Å². The SMILES string of the molecule is CCN(CC)c1ccc2cc(C=Nc3cc4ccc(O)cc4oc3=O)c(=O)oc2c1. The third-order valence-corrected chi connectivity index (χ3v) is 4.92. The van der Waals surface area contributed by atoms with E-state index < -0.39 is 11.3 Å². The highest BCUT2D eigenvalue weighted by molar-refractivity contribution is 5.89. The average Bonchev–Trinajstić information content (AvgIpc) is 2.73. The second-order valence-corrected chi connectivity index (χ2v) is 6.78. The number of fused-ring (bicyclic) bond motifs is 2. The Morgan fingerprint density at radius 3 is 2.33 bits per heavy atom. The van der Waals surface area contributed by atoms with Gasteiger partial charge in [-0.1, -0.05) is 0 Å². The molecule has 0 unspecified atom stereocenters. The van der Waals surface area contributed by atoms with Crippen LogP contribution >= 0.6 is 0 Å². The summed E-state index contributed by atoms with van der Waals surface area (Å²) in [5.74, 6) is -0.000162. The number of aliphatic imine (C=N–C) groups is 1. The first-order chi connectivity index (χ1) is 14.5. The van der Waals surface area contributed by atoms with E-state index >= 15 is 0 Å². The molecule has 2 aromatic carbocycles. The quantitative estimate of drug-likeness (QED) is 0.396. The van der Waals surface area contributed by atoms with Gasteiger partial charge in [0, 0.05) is 47.9 Å². The summed E-state index contributed by atoms with van der Waals surface area (Å²) in [7, 11) is 0. The van der Waals surface area contributed by atoms with Crippen LogP contribution < -0.4 is 16.2 Å². The molecule has 30 heavy (non-hydrogen) atoms. The number of benzene rings is 2. The fourth-order valence-corrected chi connectivity index (χ4v) is 3.31. The lowest BCUT2D eigenvalue weighted by atomic mass is 10.1. The van der Waals surface area contributed by atoms with E-state index in [-0.39, 0.29) is 22.6 Å². The molecule has 0 aliphatic rings. The molecule has 4 rings (SSSR count). The van der Waals surface area contributed by atoms with Crippen LogP contribution in [-0.2, 0) is 0 Å². The first-order valence-corrected chi connectivity index (χ1v) is 9.62. The van der Waals surface area contributed by atoms with Gasteiger partial charge in [-0.05, 0) is 50.2 Å². The molecular formula is C23H20N2O5. The van der Waals surface area contributed by atoms with E-state index in [1.54, 1.807) is 12.1 Å². The monoisotopic (exact) mass is 404 g/mol. The Kier molecular flexibility index (Phi) is 5.10. The standard InChI is InChI=1S/C23H20N2O5/c1-3-25(4-2)17-7-5-14-9-16(22(27)29-20(14)11-17)13-24-19-10-15-6-8-18(26)12-21(15)30-23(19)28/h5-13,26H,3-4H2,1-2H3. The highest BCUT2D eigenvalue weighted by Crippen LogP contribution is 2.23. The molecule has 7 heteroatoms. The van der Waals surface area contributed by atoms with Crippen molar-refractivity contribution in [2.24, 2.45) is 4.99 Å². The Labute approximate surface area is 171 Å². The smallest absolute Gasteiger partial charge is 0.362 e. The second kappa shape index (κ2) is 7.87. The van der Waals surface area contributed by atoms with E-state index in [1.807, 2.05) is 18.2 Å². The van der Waals surface area contributed by atoms with Gasteiger partial charge in [0.15, 0.2) is 0 Å². The van der Waals surface area contributed by atoms with E-state index in [0.717, 1.165) is 24.2 Å². The molecule has 0 saturated heterocycles. The first kappa shape index (κ1) is 19.4. The predicted octanol–water partition coefficient (Wildman–Crippen LogP) is 4.20. The summed E-state index contributed by atoms with van der Waals surface area (Å²) >= 11 is 0. The van der Waals surface area contributed by atoms with Gasteiger partial charge in [0.1, 0.15) is 22.6 Å². The zero-order valence-electron chi connectivity index (χ0n) is 16.6. The van der Waals surface area contributed by atoms with Crippen molar-refractivity contribution in [3.8, 4) is 5.75 Å². The van der Waals surface area contributed by atoms with Gasteiger partial charge in [-0.25, -0.2) is 14.6 Å². The molecule has 2 aromatic heterocycles. The van der Waals surface area contributed by atoms with Crippen molar-refractivity contribution in [1.29, 1.82) is 0 Å². The van der Waals surface area contributed by atoms with Gasteiger partial charge in [0.25, 0.3) is 0 Å². The van der Waals surface area contributed by atoms with Crippen LogP contribution in [0.25, 0.3) is 21.9 Å². The molecular weight excluding hydrogens is 384 g/mol. The molecule has 0 spiro atoms. The van der Waals surface area contributed by atoms with E-state index in [9.17, 15) is 14.7 Å². The minimum atomic E-state index is -0.668. The van der Waals surface area contributed by atoms with E-state index in [1.165, 1.54) is 24.4 Å². The van der Waals surface area contributed by atoms with Crippen LogP contribution in [0.4, 0.5) is 11.4 Å². The summed E-state index contributed by atoms with van der Waals surface area (Å²) in [5.41, 5.74) is 0.793. The Bertz CT molecular complexity index is 1380. The zero-order chi connectivity index (χ0) is 21.3. The molecule has 0 fully saturated rings. The molecule has 7 nitrogen and oxygen atoms in total.